The number of carboxylic acid groups (broad SMARTS) is 1. The van der Waals surface area contributed by atoms with E-state index < -0.39 is 16.0 Å². The van der Waals surface area contributed by atoms with Gasteiger partial charge in [-0.25, -0.2) is 12.7 Å². The maximum Gasteiger partial charge on any atom is 0.323 e. The quantitative estimate of drug-likeness (QED) is 0.729. The fraction of sp³-hybridized carbons (Fsp3) is 0.882. The standard InChI is InChI=1S/C17H30N2O5S/c1-3-25(23,24)18-8-6-15(7-9-18)19(12-17(21)22)16(20)11-14-5-4-13(2)10-14/h13-15H,3-12H2,1-2H3,(H,21,22). The monoisotopic (exact) mass is 374 g/mol. The van der Waals surface area contributed by atoms with Crippen molar-refractivity contribution in [2.75, 3.05) is 25.4 Å². The number of aliphatic carboxylic acids is 1. The Kier molecular flexibility index (Phi) is 6.85. The van der Waals surface area contributed by atoms with E-state index in [1.807, 2.05) is 0 Å². The zero-order chi connectivity index (χ0) is 18.6. The Balaban J connectivity index is 1.98. The second-order valence-corrected chi connectivity index (χ2v) is 9.69. The Hall–Kier alpha value is -1.15. The van der Waals surface area contributed by atoms with E-state index >= 15 is 0 Å². The Labute approximate surface area is 150 Å². The first kappa shape index (κ1) is 20.2. The summed E-state index contributed by atoms with van der Waals surface area (Å²) in [6.45, 7) is 4.20. The number of hydrogen-bond acceptors (Lipinski definition) is 4. The van der Waals surface area contributed by atoms with Crippen LogP contribution in [0.3, 0.4) is 0 Å². The van der Waals surface area contributed by atoms with Crippen LogP contribution >= 0.6 is 0 Å². The first-order valence-corrected chi connectivity index (χ1v) is 10.8. The predicted octanol–water partition coefficient (Wildman–Crippen LogP) is 1.54. The molecule has 1 heterocycles. The lowest BCUT2D eigenvalue weighted by Crippen LogP contribution is -2.50. The summed E-state index contributed by atoms with van der Waals surface area (Å²) in [5.41, 5.74) is 0. The van der Waals surface area contributed by atoms with Crippen LogP contribution in [0.15, 0.2) is 0 Å². The maximum absolute atomic E-state index is 12.7. The molecule has 1 aliphatic heterocycles. The van der Waals surface area contributed by atoms with E-state index in [1.165, 1.54) is 9.21 Å². The van der Waals surface area contributed by atoms with Gasteiger partial charge in [0.25, 0.3) is 0 Å². The molecule has 1 saturated heterocycles. The molecule has 2 aliphatic rings. The number of rotatable bonds is 7. The van der Waals surface area contributed by atoms with Crippen LogP contribution in [-0.4, -0.2) is 66.0 Å². The maximum atomic E-state index is 12.7. The molecule has 0 aromatic carbocycles. The largest absolute Gasteiger partial charge is 0.480 e. The molecule has 25 heavy (non-hydrogen) atoms. The summed E-state index contributed by atoms with van der Waals surface area (Å²) in [7, 11) is -3.22. The number of hydrogen-bond donors (Lipinski definition) is 1. The highest BCUT2D eigenvalue weighted by Gasteiger charge is 2.34. The molecule has 1 amide bonds. The summed E-state index contributed by atoms with van der Waals surface area (Å²) in [6.07, 6.45) is 4.59. The molecule has 2 atom stereocenters. The first-order valence-electron chi connectivity index (χ1n) is 9.22. The molecule has 2 unspecified atom stereocenters. The van der Waals surface area contributed by atoms with Gasteiger partial charge in [0.05, 0.1) is 5.75 Å². The van der Waals surface area contributed by atoms with Crippen LogP contribution in [0, 0.1) is 11.8 Å². The molecule has 0 radical (unpaired) electrons. The number of carboxylic acids is 1. The molecule has 2 fully saturated rings. The third-order valence-corrected chi connectivity index (χ3v) is 7.40. The van der Waals surface area contributed by atoms with Gasteiger partial charge in [-0.15, -0.1) is 0 Å². The second-order valence-electron chi connectivity index (χ2n) is 7.43. The Morgan fingerprint density at radius 2 is 1.80 bits per heavy atom. The number of nitrogens with zero attached hydrogens (tertiary/aromatic N) is 2. The first-order chi connectivity index (χ1) is 11.7. The third kappa shape index (κ3) is 5.41. The van der Waals surface area contributed by atoms with Crippen LogP contribution in [0.2, 0.25) is 0 Å². The Morgan fingerprint density at radius 3 is 2.28 bits per heavy atom. The molecule has 0 aromatic rings. The van der Waals surface area contributed by atoms with Crippen molar-refractivity contribution in [3.8, 4) is 0 Å². The van der Waals surface area contributed by atoms with Gasteiger partial charge in [0.1, 0.15) is 6.54 Å². The summed E-state index contributed by atoms with van der Waals surface area (Å²) in [6, 6.07) is -0.189. The number of carbonyl (C=O) groups is 2. The van der Waals surface area contributed by atoms with E-state index in [2.05, 4.69) is 6.92 Å². The highest BCUT2D eigenvalue weighted by Crippen LogP contribution is 2.33. The van der Waals surface area contributed by atoms with Gasteiger partial charge in [-0.2, -0.15) is 0 Å². The summed E-state index contributed by atoms with van der Waals surface area (Å²) >= 11 is 0. The lowest BCUT2D eigenvalue weighted by Gasteiger charge is -2.37. The molecule has 0 aromatic heterocycles. The Bertz CT molecular complexity index is 584. The molecule has 1 aliphatic carbocycles. The SMILES string of the molecule is CCS(=O)(=O)N1CCC(N(CC(=O)O)C(=O)CC2CCC(C)C2)CC1. The summed E-state index contributed by atoms with van der Waals surface area (Å²) in [5.74, 6) is -0.0717. The van der Waals surface area contributed by atoms with Gasteiger partial charge in [-0.3, -0.25) is 9.59 Å². The van der Waals surface area contributed by atoms with E-state index in [0.717, 1.165) is 19.3 Å². The van der Waals surface area contributed by atoms with E-state index in [0.29, 0.717) is 44.2 Å². The van der Waals surface area contributed by atoms with Crippen LogP contribution in [0.25, 0.3) is 0 Å². The van der Waals surface area contributed by atoms with Crippen molar-refractivity contribution in [3.05, 3.63) is 0 Å². The molecule has 7 nitrogen and oxygen atoms in total. The Morgan fingerprint density at radius 1 is 1.16 bits per heavy atom. The van der Waals surface area contributed by atoms with E-state index in [1.54, 1.807) is 6.92 Å². The molecule has 1 N–H and O–H groups in total. The zero-order valence-corrected chi connectivity index (χ0v) is 16.0. The zero-order valence-electron chi connectivity index (χ0n) is 15.2. The minimum atomic E-state index is -3.22. The van der Waals surface area contributed by atoms with Crippen LogP contribution in [0.1, 0.15) is 52.4 Å². The van der Waals surface area contributed by atoms with Gasteiger partial charge >= 0.3 is 5.97 Å². The molecule has 0 spiro atoms. The van der Waals surface area contributed by atoms with Crippen LogP contribution in [0.5, 0.6) is 0 Å². The second kappa shape index (κ2) is 8.49. The van der Waals surface area contributed by atoms with Gasteiger partial charge in [0.15, 0.2) is 0 Å². The summed E-state index contributed by atoms with van der Waals surface area (Å²) in [5, 5.41) is 9.19. The summed E-state index contributed by atoms with van der Waals surface area (Å²) < 4.78 is 25.4. The predicted molar refractivity (Wildman–Crippen MR) is 94.5 cm³/mol. The van der Waals surface area contributed by atoms with Crippen molar-refractivity contribution >= 4 is 21.9 Å². The van der Waals surface area contributed by atoms with Crippen molar-refractivity contribution in [2.24, 2.45) is 11.8 Å². The third-order valence-electron chi connectivity index (χ3n) is 5.52. The lowest BCUT2D eigenvalue weighted by molar-refractivity contribution is -0.147. The molecule has 8 heteroatoms. The molecule has 2 rings (SSSR count). The van der Waals surface area contributed by atoms with Gasteiger partial charge in [0.2, 0.25) is 15.9 Å². The van der Waals surface area contributed by atoms with Gasteiger partial charge in [0, 0.05) is 25.6 Å². The van der Waals surface area contributed by atoms with E-state index in [9.17, 15) is 23.1 Å². The van der Waals surface area contributed by atoms with Crippen molar-refractivity contribution < 1.29 is 23.1 Å². The number of amides is 1. The van der Waals surface area contributed by atoms with Gasteiger partial charge < -0.3 is 10.0 Å². The van der Waals surface area contributed by atoms with Crippen LogP contribution < -0.4 is 0 Å². The number of sulfonamides is 1. The van der Waals surface area contributed by atoms with Gasteiger partial charge in [-0.1, -0.05) is 13.3 Å². The summed E-state index contributed by atoms with van der Waals surface area (Å²) in [4.78, 5) is 25.4. The normalized spacial score (nSPS) is 25.8. The lowest BCUT2D eigenvalue weighted by atomic mass is 9.99. The number of piperidine rings is 1. The molecule has 144 valence electrons. The average Bonchev–Trinajstić information content (AvgIpc) is 2.97. The van der Waals surface area contributed by atoms with Crippen molar-refractivity contribution in [1.82, 2.24) is 9.21 Å². The van der Waals surface area contributed by atoms with Crippen molar-refractivity contribution in [1.29, 1.82) is 0 Å². The van der Waals surface area contributed by atoms with Crippen LogP contribution in [-0.2, 0) is 19.6 Å². The molecular formula is C17H30N2O5S. The van der Waals surface area contributed by atoms with Gasteiger partial charge in [-0.05, 0) is 44.4 Å². The highest BCUT2D eigenvalue weighted by molar-refractivity contribution is 7.89. The van der Waals surface area contributed by atoms with Crippen LogP contribution in [0.4, 0.5) is 0 Å². The molecule has 0 bridgehead atoms. The van der Waals surface area contributed by atoms with E-state index in [4.69, 9.17) is 0 Å². The highest BCUT2D eigenvalue weighted by atomic mass is 32.2. The molecule has 1 saturated carbocycles. The minimum absolute atomic E-state index is 0.0648. The fourth-order valence-electron chi connectivity index (χ4n) is 4.06. The molecular weight excluding hydrogens is 344 g/mol. The van der Waals surface area contributed by atoms with Crippen molar-refractivity contribution in [3.63, 3.8) is 0 Å². The number of carbonyl (C=O) groups excluding carboxylic acids is 1. The minimum Gasteiger partial charge on any atom is -0.480 e. The fourth-order valence-corrected chi connectivity index (χ4v) is 5.19. The van der Waals surface area contributed by atoms with E-state index in [-0.39, 0.29) is 24.2 Å². The topological polar surface area (TPSA) is 95.0 Å². The van der Waals surface area contributed by atoms with Crippen molar-refractivity contribution in [2.45, 2.75) is 58.4 Å². The smallest absolute Gasteiger partial charge is 0.323 e. The average molecular weight is 375 g/mol.